The monoisotopic (exact) mass is 610 g/mol. The Morgan fingerprint density at radius 2 is 0.659 bits per heavy atom. The molecule has 2 nitrogen and oxygen atoms in total. The fraction of sp³-hybridized carbons (Fsp3) is 0.100. The van der Waals surface area contributed by atoms with E-state index >= 15 is 9.13 Å². The van der Waals surface area contributed by atoms with E-state index in [1.54, 1.807) is 0 Å². The van der Waals surface area contributed by atoms with Crippen molar-refractivity contribution in [1.82, 2.24) is 0 Å². The van der Waals surface area contributed by atoms with Gasteiger partial charge in [0.15, 0.2) is 0 Å². The summed E-state index contributed by atoms with van der Waals surface area (Å²) in [6.45, 7) is 4.00. The second-order valence-corrected chi connectivity index (χ2v) is 17.2. The zero-order valence-corrected chi connectivity index (χ0v) is 26.9. The van der Waals surface area contributed by atoms with Crippen LogP contribution in [0.4, 0.5) is 0 Å². The molecule has 44 heavy (non-hydrogen) atoms. The highest BCUT2D eigenvalue weighted by Crippen LogP contribution is 2.49. The molecule has 0 aliphatic carbocycles. The predicted octanol–water partition coefficient (Wildman–Crippen LogP) is 9.36. The van der Waals surface area contributed by atoms with Gasteiger partial charge >= 0.3 is 0 Å². The zero-order valence-electron chi connectivity index (χ0n) is 25.1. The molecule has 0 aromatic heterocycles. The van der Waals surface area contributed by atoms with Crippen molar-refractivity contribution in [2.45, 2.75) is 13.8 Å². The first-order chi connectivity index (χ1) is 21.5. The van der Waals surface area contributed by atoms with Gasteiger partial charge in [-0.15, -0.1) is 0 Å². The van der Waals surface area contributed by atoms with Gasteiger partial charge in [-0.05, 0) is 33.4 Å². The van der Waals surface area contributed by atoms with Crippen LogP contribution in [-0.2, 0) is 9.13 Å². The number of rotatable bonds is 9. The summed E-state index contributed by atoms with van der Waals surface area (Å²) in [5, 5.41) is 3.29. The summed E-state index contributed by atoms with van der Waals surface area (Å²) < 4.78 is 30.1. The van der Waals surface area contributed by atoms with Gasteiger partial charge in [0.1, 0.15) is 14.3 Å². The fourth-order valence-electron chi connectivity index (χ4n) is 6.07. The van der Waals surface area contributed by atoms with Crippen LogP contribution in [-0.4, -0.2) is 12.3 Å². The van der Waals surface area contributed by atoms with Crippen molar-refractivity contribution in [3.05, 3.63) is 158 Å². The van der Waals surface area contributed by atoms with Crippen LogP contribution in [0.15, 0.2) is 158 Å². The van der Waals surface area contributed by atoms with Gasteiger partial charge in [-0.25, -0.2) is 0 Å². The van der Waals surface area contributed by atoms with Crippen molar-refractivity contribution in [3.63, 3.8) is 0 Å². The normalized spacial score (nSPS) is 14.0. The predicted molar refractivity (Wildman–Crippen MR) is 190 cm³/mol. The molecule has 6 aromatic rings. The quantitative estimate of drug-likeness (QED) is 0.153. The van der Waals surface area contributed by atoms with E-state index in [0.717, 1.165) is 54.6 Å². The van der Waals surface area contributed by atoms with E-state index < -0.39 is 14.3 Å². The maximum absolute atomic E-state index is 15.0. The van der Waals surface area contributed by atoms with E-state index in [2.05, 4.69) is 48.5 Å². The molecule has 218 valence electrons. The largest absolute Gasteiger partial charge is 0.314 e. The Bertz CT molecular complexity index is 1820. The zero-order chi connectivity index (χ0) is 30.6. The summed E-state index contributed by atoms with van der Waals surface area (Å²) in [5.41, 5.74) is 6.22. The highest BCUT2D eigenvalue weighted by molar-refractivity contribution is 7.79. The van der Waals surface area contributed by atoms with Crippen molar-refractivity contribution in [3.8, 4) is 33.4 Å². The fourth-order valence-corrected chi connectivity index (χ4v) is 11.1. The molecule has 6 rings (SSSR count). The molecule has 0 aliphatic heterocycles. The molecule has 0 saturated heterocycles. The summed E-state index contributed by atoms with van der Waals surface area (Å²) >= 11 is 0. The van der Waals surface area contributed by atoms with Gasteiger partial charge in [-0.2, -0.15) is 0 Å². The summed E-state index contributed by atoms with van der Waals surface area (Å²) in [6, 6.07) is 52.7. The first kappa shape index (κ1) is 29.8. The highest BCUT2D eigenvalue weighted by Gasteiger charge is 2.32. The van der Waals surface area contributed by atoms with E-state index in [4.69, 9.17) is 0 Å². The van der Waals surface area contributed by atoms with E-state index in [1.165, 1.54) is 0 Å². The molecular weight excluding hydrogens is 574 g/mol. The summed E-state index contributed by atoms with van der Waals surface area (Å²) in [6.07, 6.45) is 0.979. The van der Waals surface area contributed by atoms with E-state index in [1.807, 2.05) is 123 Å². The Balaban J connectivity index is 1.43. The minimum absolute atomic E-state index is 0.489. The summed E-state index contributed by atoms with van der Waals surface area (Å²) in [5.74, 6) is 0. The molecule has 0 aliphatic rings. The van der Waals surface area contributed by atoms with Crippen LogP contribution in [0.25, 0.3) is 33.4 Å². The van der Waals surface area contributed by atoms with Crippen LogP contribution in [0.1, 0.15) is 13.8 Å². The second-order valence-electron chi connectivity index (χ2n) is 11.0. The van der Waals surface area contributed by atoms with Gasteiger partial charge in [0.25, 0.3) is 0 Å². The van der Waals surface area contributed by atoms with Crippen LogP contribution in [0, 0.1) is 0 Å². The van der Waals surface area contributed by atoms with Crippen LogP contribution >= 0.6 is 14.3 Å². The van der Waals surface area contributed by atoms with Crippen molar-refractivity contribution in [2.24, 2.45) is 0 Å². The molecule has 4 heteroatoms. The average molecular weight is 611 g/mol. The molecule has 0 N–H and O–H groups in total. The first-order valence-corrected chi connectivity index (χ1v) is 19.0. The SMILES string of the molecule is CCP(=O)(c1ccc(-c2ccccc2)cc1)c1ccccc1-c1ccccc1P(=O)(CC)c1ccc(-c2ccccc2)cc1. The van der Waals surface area contributed by atoms with Crippen molar-refractivity contribution < 1.29 is 9.13 Å². The van der Waals surface area contributed by atoms with Crippen molar-refractivity contribution in [1.29, 1.82) is 0 Å². The van der Waals surface area contributed by atoms with E-state index in [9.17, 15) is 0 Å². The van der Waals surface area contributed by atoms with Crippen LogP contribution in [0.5, 0.6) is 0 Å². The van der Waals surface area contributed by atoms with Crippen LogP contribution in [0.3, 0.4) is 0 Å². The van der Waals surface area contributed by atoms with Crippen LogP contribution in [0.2, 0.25) is 0 Å². The van der Waals surface area contributed by atoms with Crippen molar-refractivity contribution >= 4 is 35.5 Å². The minimum Gasteiger partial charge on any atom is -0.314 e. The molecular formula is C40H36O2P2. The molecule has 0 bridgehead atoms. The smallest absolute Gasteiger partial charge is 0.143 e. The van der Waals surface area contributed by atoms with Gasteiger partial charge < -0.3 is 9.13 Å². The van der Waals surface area contributed by atoms with Gasteiger partial charge in [-0.1, -0.05) is 172 Å². The molecule has 2 atom stereocenters. The molecule has 0 heterocycles. The van der Waals surface area contributed by atoms with E-state index in [0.29, 0.717) is 12.3 Å². The molecule has 0 fully saturated rings. The Morgan fingerprint density at radius 3 is 1.00 bits per heavy atom. The maximum atomic E-state index is 15.0. The highest BCUT2D eigenvalue weighted by atomic mass is 31.2. The molecule has 0 radical (unpaired) electrons. The molecule has 6 aromatic carbocycles. The lowest BCUT2D eigenvalue weighted by molar-refractivity contribution is 0.586. The third-order valence-corrected chi connectivity index (χ3v) is 14.9. The van der Waals surface area contributed by atoms with Gasteiger partial charge in [0.2, 0.25) is 0 Å². The maximum Gasteiger partial charge on any atom is 0.143 e. The van der Waals surface area contributed by atoms with Crippen LogP contribution < -0.4 is 21.2 Å². The van der Waals surface area contributed by atoms with Gasteiger partial charge in [-0.3, -0.25) is 0 Å². The molecule has 2 unspecified atom stereocenters. The third-order valence-electron chi connectivity index (χ3n) is 8.55. The first-order valence-electron chi connectivity index (χ1n) is 15.2. The minimum atomic E-state index is -3.00. The third kappa shape index (κ3) is 5.57. The molecule has 0 amide bonds. The summed E-state index contributed by atoms with van der Waals surface area (Å²) in [4.78, 5) is 0. The Hall–Kier alpha value is -4.22. The Morgan fingerprint density at radius 1 is 0.364 bits per heavy atom. The second kappa shape index (κ2) is 12.8. The van der Waals surface area contributed by atoms with E-state index in [-0.39, 0.29) is 0 Å². The number of hydrogen-bond acceptors (Lipinski definition) is 2. The molecule has 0 spiro atoms. The van der Waals surface area contributed by atoms with Gasteiger partial charge in [0.05, 0.1) is 0 Å². The number of benzene rings is 6. The lowest BCUT2D eigenvalue weighted by atomic mass is 10.1. The topological polar surface area (TPSA) is 34.1 Å². The standard InChI is InChI=1S/C40H36O2P2/c1-3-43(41,35-27-23-33(24-28-35)31-15-7-5-8-16-31)39-21-13-11-19-37(39)38-20-12-14-22-40(38)44(42,4-2)36-29-25-34(26-30-36)32-17-9-6-10-18-32/h5-30H,3-4H2,1-2H3. The van der Waals surface area contributed by atoms with Gasteiger partial charge in [0, 0.05) is 33.5 Å². The van der Waals surface area contributed by atoms with Crippen molar-refractivity contribution in [2.75, 3.05) is 12.3 Å². The number of hydrogen-bond donors (Lipinski definition) is 0. The Labute approximate surface area is 261 Å². The lowest BCUT2D eigenvalue weighted by Crippen LogP contribution is -2.24. The average Bonchev–Trinajstić information content (AvgIpc) is 3.12. The lowest BCUT2D eigenvalue weighted by Gasteiger charge is -2.25. The summed E-state index contributed by atoms with van der Waals surface area (Å²) in [7, 11) is -6.00. The molecule has 0 saturated carbocycles. The Kier molecular flexibility index (Phi) is 8.67.